The number of nitrogens with one attached hydrogen (secondary N) is 2. The maximum absolute atomic E-state index is 12.0. The van der Waals surface area contributed by atoms with E-state index >= 15 is 0 Å². The van der Waals surface area contributed by atoms with Crippen LogP contribution in [0.1, 0.15) is 22.3 Å². The van der Waals surface area contributed by atoms with E-state index in [1.165, 1.54) is 5.57 Å². The molecular formula is C15H21ClN2O2. The van der Waals surface area contributed by atoms with Crippen molar-refractivity contribution < 1.29 is 9.53 Å². The molecule has 20 heavy (non-hydrogen) atoms. The number of methoxy groups -OCH3 is 1. The molecular weight excluding hydrogens is 276 g/mol. The molecule has 2 N–H and O–H groups in total. The summed E-state index contributed by atoms with van der Waals surface area (Å²) in [5, 5.41) is 6.21. The van der Waals surface area contributed by atoms with Gasteiger partial charge in [-0.1, -0.05) is 23.8 Å². The largest absolute Gasteiger partial charge is 0.380 e. The highest BCUT2D eigenvalue weighted by Crippen LogP contribution is 2.07. The van der Waals surface area contributed by atoms with Gasteiger partial charge in [0.25, 0.3) is 5.91 Å². The number of carbonyl (C=O) groups is 1. The lowest BCUT2D eigenvalue weighted by molar-refractivity contribution is 0.0956. The number of hydrogen-bond donors (Lipinski definition) is 2. The van der Waals surface area contributed by atoms with E-state index in [9.17, 15) is 4.79 Å². The first-order valence-electron chi connectivity index (χ1n) is 6.54. The normalized spacial score (nSPS) is 14.2. The Hall–Kier alpha value is -1.36. The molecule has 1 aliphatic rings. The molecule has 0 bridgehead atoms. The minimum atomic E-state index is -0.0246. The summed E-state index contributed by atoms with van der Waals surface area (Å²) in [6.45, 7) is 3.10. The Morgan fingerprint density at radius 1 is 1.35 bits per heavy atom. The van der Waals surface area contributed by atoms with Crippen molar-refractivity contribution in [2.24, 2.45) is 0 Å². The fourth-order valence-corrected chi connectivity index (χ4v) is 2.05. The first-order chi connectivity index (χ1) is 9.29. The van der Waals surface area contributed by atoms with Crippen LogP contribution in [0.4, 0.5) is 0 Å². The quantitative estimate of drug-likeness (QED) is 0.816. The third-order valence-corrected chi connectivity index (χ3v) is 3.16. The van der Waals surface area contributed by atoms with Crippen LogP contribution in [-0.4, -0.2) is 32.7 Å². The first kappa shape index (κ1) is 16.7. The van der Waals surface area contributed by atoms with Crippen molar-refractivity contribution in [3.05, 3.63) is 47.0 Å². The second-order valence-electron chi connectivity index (χ2n) is 4.63. The lowest BCUT2D eigenvalue weighted by atomic mass is 10.1. The molecule has 1 aromatic carbocycles. The molecule has 2 rings (SSSR count). The Kier molecular flexibility index (Phi) is 7.30. The molecule has 0 unspecified atom stereocenters. The van der Waals surface area contributed by atoms with Crippen LogP contribution in [-0.2, 0) is 11.3 Å². The third kappa shape index (κ3) is 4.96. The van der Waals surface area contributed by atoms with Crippen molar-refractivity contribution in [1.29, 1.82) is 0 Å². The number of halogens is 1. The highest BCUT2D eigenvalue weighted by atomic mass is 35.5. The summed E-state index contributed by atoms with van der Waals surface area (Å²) in [5.41, 5.74) is 3.05. The molecule has 1 aromatic rings. The summed E-state index contributed by atoms with van der Waals surface area (Å²) in [5.74, 6) is -0.0246. The Bertz CT molecular complexity index is 457. The van der Waals surface area contributed by atoms with Crippen molar-refractivity contribution in [2.75, 3.05) is 26.7 Å². The van der Waals surface area contributed by atoms with Gasteiger partial charge >= 0.3 is 0 Å². The molecule has 0 saturated heterocycles. The fourth-order valence-electron chi connectivity index (χ4n) is 2.05. The van der Waals surface area contributed by atoms with Gasteiger partial charge in [0.1, 0.15) is 0 Å². The predicted octanol–water partition coefficient (Wildman–Crippen LogP) is 1.90. The van der Waals surface area contributed by atoms with Crippen molar-refractivity contribution in [2.45, 2.75) is 13.0 Å². The average Bonchev–Trinajstić information content (AvgIpc) is 2.47. The van der Waals surface area contributed by atoms with E-state index in [1.54, 1.807) is 7.11 Å². The number of ether oxygens (including phenoxy) is 1. The maximum Gasteiger partial charge on any atom is 0.251 e. The highest BCUT2D eigenvalue weighted by molar-refractivity contribution is 5.94. The van der Waals surface area contributed by atoms with E-state index in [0.29, 0.717) is 18.7 Å². The van der Waals surface area contributed by atoms with Crippen LogP contribution in [0.5, 0.6) is 0 Å². The molecule has 0 aromatic heterocycles. The van der Waals surface area contributed by atoms with Crippen molar-refractivity contribution in [3.63, 3.8) is 0 Å². The number of carbonyl (C=O) groups excluding carboxylic acids is 1. The van der Waals surface area contributed by atoms with Crippen molar-refractivity contribution >= 4 is 18.3 Å². The Morgan fingerprint density at radius 2 is 2.10 bits per heavy atom. The van der Waals surface area contributed by atoms with E-state index < -0.39 is 0 Å². The zero-order valence-electron chi connectivity index (χ0n) is 11.6. The molecule has 5 heteroatoms. The highest BCUT2D eigenvalue weighted by Gasteiger charge is 2.07. The lowest BCUT2D eigenvalue weighted by Crippen LogP contribution is -2.29. The maximum atomic E-state index is 12.0. The molecule has 1 amide bonds. The molecule has 0 spiro atoms. The van der Waals surface area contributed by atoms with E-state index in [2.05, 4.69) is 16.7 Å². The van der Waals surface area contributed by atoms with E-state index in [-0.39, 0.29) is 18.3 Å². The first-order valence-corrected chi connectivity index (χ1v) is 6.54. The van der Waals surface area contributed by atoms with Gasteiger partial charge in [-0.3, -0.25) is 4.79 Å². The SMILES string of the molecule is COCc1ccc(C(=O)NCC2=CCNCC2)cc1.Cl. The molecule has 4 nitrogen and oxygen atoms in total. The monoisotopic (exact) mass is 296 g/mol. The van der Waals surface area contributed by atoms with Crippen LogP contribution in [0.2, 0.25) is 0 Å². The fraction of sp³-hybridized carbons (Fsp3) is 0.400. The summed E-state index contributed by atoms with van der Waals surface area (Å²) in [6.07, 6.45) is 3.15. The average molecular weight is 297 g/mol. The Morgan fingerprint density at radius 3 is 2.70 bits per heavy atom. The van der Waals surface area contributed by atoms with Crippen LogP contribution < -0.4 is 10.6 Å². The van der Waals surface area contributed by atoms with Crippen LogP contribution in [0, 0.1) is 0 Å². The topological polar surface area (TPSA) is 50.4 Å². The van der Waals surface area contributed by atoms with Crippen molar-refractivity contribution in [1.82, 2.24) is 10.6 Å². The predicted molar refractivity (Wildman–Crippen MR) is 82.3 cm³/mol. The van der Waals surface area contributed by atoms with Gasteiger partial charge in [-0.2, -0.15) is 0 Å². The van der Waals surface area contributed by atoms with Crippen molar-refractivity contribution in [3.8, 4) is 0 Å². The molecule has 0 aliphatic carbocycles. The van der Waals surface area contributed by atoms with Gasteiger partial charge < -0.3 is 15.4 Å². The second kappa shape index (κ2) is 8.74. The number of benzene rings is 1. The zero-order chi connectivity index (χ0) is 13.5. The van der Waals surface area contributed by atoms with Gasteiger partial charge in [-0.05, 0) is 30.7 Å². The Balaban J connectivity index is 0.00000200. The van der Waals surface area contributed by atoms with Gasteiger partial charge in [-0.15, -0.1) is 12.4 Å². The van der Waals surface area contributed by atoms with Gasteiger partial charge in [-0.25, -0.2) is 0 Å². The molecule has 110 valence electrons. The second-order valence-corrected chi connectivity index (χ2v) is 4.63. The Labute approximate surface area is 126 Å². The van der Waals surface area contributed by atoms with E-state index in [4.69, 9.17) is 4.74 Å². The minimum Gasteiger partial charge on any atom is -0.380 e. The molecule has 0 radical (unpaired) electrons. The number of rotatable bonds is 5. The van der Waals surface area contributed by atoms with Crippen LogP contribution >= 0.6 is 12.4 Å². The number of amides is 1. The van der Waals surface area contributed by atoms with Gasteiger partial charge in [0, 0.05) is 25.8 Å². The third-order valence-electron chi connectivity index (χ3n) is 3.16. The van der Waals surface area contributed by atoms with E-state index in [1.807, 2.05) is 24.3 Å². The van der Waals surface area contributed by atoms with Crippen LogP contribution in [0.25, 0.3) is 0 Å². The van der Waals surface area contributed by atoms with Crippen LogP contribution in [0.15, 0.2) is 35.9 Å². The summed E-state index contributed by atoms with van der Waals surface area (Å²) in [4.78, 5) is 12.0. The summed E-state index contributed by atoms with van der Waals surface area (Å²) in [6, 6.07) is 7.51. The number of hydrogen-bond acceptors (Lipinski definition) is 3. The lowest BCUT2D eigenvalue weighted by Gasteiger charge is -2.14. The zero-order valence-corrected chi connectivity index (χ0v) is 12.5. The smallest absolute Gasteiger partial charge is 0.251 e. The van der Waals surface area contributed by atoms with Gasteiger partial charge in [0.2, 0.25) is 0 Å². The molecule has 0 fully saturated rings. The molecule has 0 atom stereocenters. The molecule has 1 heterocycles. The van der Waals surface area contributed by atoms with Gasteiger partial charge in [0.05, 0.1) is 6.61 Å². The summed E-state index contributed by atoms with van der Waals surface area (Å²) >= 11 is 0. The minimum absolute atomic E-state index is 0. The van der Waals surface area contributed by atoms with Crippen LogP contribution in [0.3, 0.4) is 0 Å². The van der Waals surface area contributed by atoms with Gasteiger partial charge in [0.15, 0.2) is 0 Å². The molecule has 1 aliphatic heterocycles. The summed E-state index contributed by atoms with van der Waals surface area (Å²) < 4.78 is 5.04. The summed E-state index contributed by atoms with van der Waals surface area (Å²) in [7, 11) is 1.66. The molecule has 0 saturated carbocycles. The van der Waals surface area contributed by atoms with E-state index in [0.717, 1.165) is 25.1 Å². The standard InChI is InChI=1S/C15H20N2O2.ClH/c1-19-11-13-2-4-14(5-3-13)15(18)17-10-12-6-8-16-9-7-12;/h2-6,16H,7-11H2,1H3,(H,17,18);1H.